The highest BCUT2D eigenvalue weighted by molar-refractivity contribution is 5.98. The Morgan fingerprint density at radius 2 is 1.71 bits per heavy atom. The number of nitrogens with zero attached hydrogens (tertiary/aromatic N) is 2. The molecule has 1 aliphatic rings. The highest BCUT2D eigenvalue weighted by Gasteiger charge is 2.36. The van der Waals surface area contributed by atoms with Gasteiger partial charge in [0.2, 0.25) is 5.75 Å². The number of carbonyl (C=O) groups excluding carboxylic acids is 2. The van der Waals surface area contributed by atoms with Gasteiger partial charge in [-0.05, 0) is 18.6 Å². The van der Waals surface area contributed by atoms with Crippen molar-refractivity contribution in [2.75, 3.05) is 27.9 Å². The van der Waals surface area contributed by atoms with E-state index >= 15 is 0 Å². The molecule has 150 valence electrons. The van der Waals surface area contributed by atoms with Gasteiger partial charge in [0.1, 0.15) is 0 Å². The van der Waals surface area contributed by atoms with E-state index in [1.54, 1.807) is 14.0 Å². The zero-order valence-corrected chi connectivity index (χ0v) is 15.8. The minimum Gasteiger partial charge on any atom is -0.500 e. The van der Waals surface area contributed by atoms with E-state index < -0.39 is 34.2 Å². The minimum atomic E-state index is -1.02. The smallest absolute Gasteiger partial charge is 0.336 e. The monoisotopic (exact) mass is 392 g/mol. The third-order valence-electron chi connectivity index (χ3n) is 4.06. The average Bonchev–Trinajstić information content (AvgIpc) is 2.67. The van der Waals surface area contributed by atoms with E-state index in [-0.39, 0.29) is 29.1 Å². The Morgan fingerprint density at radius 1 is 1.18 bits per heavy atom. The van der Waals surface area contributed by atoms with E-state index in [1.807, 2.05) is 0 Å². The first-order valence-corrected chi connectivity index (χ1v) is 8.21. The SMILES string of the molecule is CCOc1cc(C2C(C(=O)OC)=CN(C)C=C2C(=O)OC)cc([N+](=O)[O-])c1O. The standard InChI is InChI=1S/C18H20N2O8/c1-5-28-14-7-10(6-13(16(14)21)20(24)25)15-11(17(22)26-3)8-19(2)9-12(15)18(23)27-4/h6-9,15,21H,5H2,1-4H3. The van der Waals surface area contributed by atoms with Crippen molar-refractivity contribution in [3.05, 3.63) is 51.4 Å². The van der Waals surface area contributed by atoms with Crippen molar-refractivity contribution < 1.29 is 33.8 Å². The summed E-state index contributed by atoms with van der Waals surface area (Å²) < 4.78 is 14.9. The first kappa shape index (κ1) is 20.7. The quantitative estimate of drug-likeness (QED) is 0.438. The van der Waals surface area contributed by atoms with Gasteiger partial charge in [-0.25, -0.2) is 9.59 Å². The molecule has 1 aromatic carbocycles. The lowest BCUT2D eigenvalue weighted by atomic mass is 9.83. The number of benzene rings is 1. The second-order valence-electron chi connectivity index (χ2n) is 5.83. The summed E-state index contributed by atoms with van der Waals surface area (Å²) in [4.78, 5) is 36.8. The summed E-state index contributed by atoms with van der Waals surface area (Å²) in [5.41, 5.74) is -0.298. The number of ether oxygens (including phenoxy) is 3. The van der Waals surface area contributed by atoms with Crippen LogP contribution in [0.1, 0.15) is 18.4 Å². The number of nitro benzene ring substituents is 1. The van der Waals surface area contributed by atoms with E-state index in [0.717, 1.165) is 6.07 Å². The summed E-state index contributed by atoms with van der Waals surface area (Å²) in [6.45, 7) is 1.79. The average molecular weight is 392 g/mol. The Kier molecular flexibility index (Phi) is 6.24. The van der Waals surface area contributed by atoms with Gasteiger partial charge in [-0.15, -0.1) is 0 Å². The number of phenolic OH excluding ortho intramolecular Hbond substituents is 1. The molecule has 1 heterocycles. The molecule has 0 aliphatic carbocycles. The van der Waals surface area contributed by atoms with Gasteiger partial charge in [-0.1, -0.05) is 0 Å². The molecule has 1 aromatic rings. The van der Waals surface area contributed by atoms with Gasteiger partial charge < -0.3 is 24.2 Å². The number of aromatic hydroxyl groups is 1. The van der Waals surface area contributed by atoms with Crippen molar-refractivity contribution in [3.8, 4) is 11.5 Å². The molecule has 0 saturated carbocycles. The molecule has 0 bridgehead atoms. The topological polar surface area (TPSA) is 128 Å². The lowest BCUT2D eigenvalue weighted by molar-refractivity contribution is -0.386. The third kappa shape index (κ3) is 3.90. The number of rotatable bonds is 6. The van der Waals surface area contributed by atoms with Gasteiger partial charge in [-0.2, -0.15) is 0 Å². The molecular formula is C18H20N2O8. The number of phenols is 1. The fourth-order valence-electron chi connectivity index (χ4n) is 2.91. The summed E-state index contributed by atoms with van der Waals surface area (Å²) in [6, 6.07) is 2.43. The summed E-state index contributed by atoms with van der Waals surface area (Å²) in [5.74, 6) is -3.25. The lowest BCUT2D eigenvalue weighted by Crippen LogP contribution is -2.27. The van der Waals surface area contributed by atoms with E-state index in [2.05, 4.69) is 0 Å². The van der Waals surface area contributed by atoms with Crippen LogP contribution >= 0.6 is 0 Å². The molecule has 0 aromatic heterocycles. The van der Waals surface area contributed by atoms with E-state index in [9.17, 15) is 24.8 Å². The Labute approximate surface area is 160 Å². The summed E-state index contributed by atoms with van der Waals surface area (Å²) in [7, 11) is 3.97. The van der Waals surface area contributed by atoms with Crippen LogP contribution in [0.25, 0.3) is 0 Å². The molecule has 1 aliphatic heterocycles. The molecule has 0 saturated heterocycles. The summed E-state index contributed by atoms with van der Waals surface area (Å²) >= 11 is 0. The maximum atomic E-state index is 12.3. The zero-order chi connectivity index (χ0) is 21.0. The van der Waals surface area contributed by atoms with E-state index in [1.165, 1.54) is 37.6 Å². The van der Waals surface area contributed by atoms with Gasteiger partial charge in [-0.3, -0.25) is 10.1 Å². The zero-order valence-electron chi connectivity index (χ0n) is 15.8. The van der Waals surface area contributed by atoms with Crippen LogP contribution in [0.4, 0.5) is 5.69 Å². The van der Waals surface area contributed by atoms with Gasteiger partial charge in [0.15, 0.2) is 5.75 Å². The first-order valence-electron chi connectivity index (χ1n) is 8.21. The molecule has 10 heteroatoms. The first-order chi connectivity index (χ1) is 13.2. The van der Waals surface area contributed by atoms with E-state index in [4.69, 9.17) is 14.2 Å². The van der Waals surface area contributed by atoms with E-state index in [0.29, 0.717) is 0 Å². The van der Waals surface area contributed by atoms with Crippen LogP contribution < -0.4 is 4.74 Å². The largest absolute Gasteiger partial charge is 0.500 e. The Hall–Kier alpha value is -3.56. The lowest BCUT2D eigenvalue weighted by Gasteiger charge is -2.28. The predicted molar refractivity (Wildman–Crippen MR) is 96.6 cm³/mol. The van der Waals surface area contributed by atoms with Crippen molar-refractivity contribution in [2.45, 2.75) is 12.8 Å². The number of hydrogen-bond acceptors (Lipinski definition) is 9. The van der Waals surface area contributed by atoms with Crippen molar-refractivity contribution in [1.82, 2.24) is 4.90 Å². The fourth-order valence-corrected chi connectivity index (χ4v) is 2.91. The van der Waals surface area contributed by atoms with Gasteiger partial charge in [0.25, 0.3) is 0 Å². The molecule has 0 spiro atoms. The number of carbonyl (C=O) groups is 2. The van der Waals surface area contributed by atoms with Crippen molar-refractivity contribution in [3.63, 3.8) is 0 Å². The van der Waals surface area contributed by atoms with Crippen LogP contribution in [0.15, 0.2) is 35.7 Å². The summed E-state index contributed by atoms with van der Waals surface area (Å²) in [5, 5.41) is 21.5. The Balaban J connectivity index is 2.76. The van der Waals surface area contributed by atoms with Crippen molar-refractivity contribution in [2.24, 2.45) is 0 Å². The molecule has 1 N–H and O–H groups in total. The molecule has 0 atom stereocenters. The molecule has 0 radical (unpaired) electrons. The van der Waals surface area contributed by atoms with Crippen LogP contribution in [0.5, 0.6) is 11.5 Å². The summed E-state index contributed by atoms with van der Waals surface area (Å²) in [6.07, 6.45) is 2.89. The Bertz CT molecular complexity index is 841. The van der Waals surface area contributed by atoms with Gasteiger partial charge in [0, 0.05) is 25.5 Å². The molecule has 0 amide bonds. The van der Waals surface area contributed by atoms with Crippen LogP contribution in [0.3, 0.4) is 0 Å². The normalized spacial score (nSPS) is 14.1. The van der Waals surface area contributed by atoms with Crippen LogP contribution in [-0.4, -0.2) is 54.7 Å². The second kappa shape index (κ2) is 8.42. The predicted octanol–water partition coefficient (Wildman–Crippen LogP) is 1.84. The molecular weight excluding hydrogens is 372 g/mol. The molecule has 0 unspecified atom stereocenters. The maximum absolute atomic E-state index is 12.3. The maximum Gasteiger partial charge on any atom is 0.336 e. The third-order valence-corrected chi connectivity index (χ3v) is 4.06. The number of esters is 2. The number of nitro groups is 1. The van der Waals surface area contributed by atoms with Crippen molar-refractivity contribution >= 4 is 17.6 Å². The molecule has 0 fully saturated rings. The highest BCUT2D eigenvalue weighted by Crippen LogP contribution is 2.44. The second-order valence-corrected chi connectivity index (χ2v) is 5.83. The Morgan fingerprint density at radius 3 is 2.14 bits per heavy atom. The van der Waals surface area contributed by atoms with Crippen LogP contribution in [-0.2, 0) is 19.1 Å². The van der Waals surface area contributed by atoms with Gasteiger partial charge in [0.05, 0.1) is 42.8 Å². The number of hydrogen-bond donors (Lipinski definition) is 1. The number of methoxy groups -OCH3 is 2. The fraction of sp³-hybridized carbons (Fsp3) is 0.333. The minimum absolute atomic E-state index is 0.0651. The van der Waals surface area contributed by atoms with Crippen molar-refractivity contribution in [1.29, 1.82) is 0 Å². The highest BCUT2D eigenvalue weighted by atomic mass is 16.6. The molecule has 2 rings (SSSR count). The van der Waals surface area contributed by atoms with Gasteiger partial charge >= 0.3 is 17.6 Å². The molecule has 28 heavy (non-hydrogen) atoms. The van der Waals surface area contributed by atoms with Crippen LogP contribution in [0.2, 0.25) is 0 Å². The molecule has 10 nitrogen and oxygen atoms in total. The van der Waals surface area contributed by atoms with Crippen LogP contribution in [0, 0.1) is 10.1 Å².